The predicted octanol–water partition coefficient (Wildman–Crippen LogP) is 1.49. The van der Waals surface area contributed by atoms with Crippen LogP contribution in [0.4, 0.5) is 18.9 Å². The number of hydrogen-bond acceptors (Lipinski definition) is 4. The van der Waals surface area contributed by atoms with Crippen molar-refractivity contribution in [3.63, 3.8) is 0 Å². The van der Waals surface area contributed by atoms with Gasteiger partial charge in [0.05, 0.1) is 5.69 Å². The van der Waals surface area contributed by atoms with E-state index in [1.165, 1.54) is 6.07 Å². The van der Waals surface area contributed by atoms with E-state index < -0.39 is 12.1 Å². The maximum atomic E-state index is 12.0. The van der Waals surface area contributed by atoms with Crippen LogP contribution in [-0.4, -0.2) is 24.7 Å². The highest BCUT2D eigenvalue weighted by molar-refractivity contribution is 5.95. The molecule has 0 saturated heterocycles. The summed E-state index contributed by atoms with van der Waals surface area (Å²) in [6.45, 7) is -0.246. The van der Waals surface area contributed by atoms with E-state index in [0.717, 1.165) is 12.1 Å². The second-order valence-electron chi connectivity index (χ2n) is 3.38. The number of ether oxygens (including phenoxy) is 2. The molecule has 0 unspecified atom stereocenters. The maximum Gasteiger partial charge on any atom is 0.491 e. The van der Waals surface area contributed by atoms with Crippen molar-refractivity contribution in [1.82, 2.24) is 0 Å². The van der Waals surface area contributed by atoms with Gasteiger partial charge in [-0.1, -0.05) is 0 Å². The monoisotopic (exact) mass is 261 g/mol. The summed E-state index contributed by atoms with van der Waals surface area (Å²) in [6.07, 6.45) is -5.06. The highest BCUT2D eigenvalue weighted by atomic mass is 19.4. The lowest BCUT2D eigenvalue weighted by atomic mass is 10.2. The van der Waals surface area contributed by atoms with Crippen molar-refractivity contribution in [2.24, 2.45) is 0 Å². The van der Waals surface area contributed by atoms with Gasteiger partial charge in [0, 0.05) is 6.07 Å². The van der Waals surface area contributed by atoms with Crippen LogP contribution in [0.2, 0.25) is 0 Å². The average molecular weight is 261 g/mol. The Morgan fingerprint density at radius 3 is 2.78 bits per heavy atom. The molecule has 96 valence electrons. The smallest absolute Gasteiger partial charge is 0.481 e. The van der Waals surface area contributed by atoms with Crippen LogP contribution in [0.5, 0.6) is 11.5 Å². The topological polar surface area (TPSA) is 64.6 Å². The Labute approximate surface area is 98.5 Å². The molecule has 0 aromatic heterocycles. The van der Waals surface area contributed by atoms with E-state index in [4.69, 9.17) is 4.74 Å². The Balaban J connectivity index is 2.17. The molecule has 0 aliphatic carbocycles. The molecule has 18 heavy (non-hydrogen) atoms. The zero-order valence-electron chi connectivity index (χ0n) is 8.71. The number of hydrogen-bond donors (Lipinski definition) is 1. The normalized spacial score (nSPS) is 14.3. The molecule has 8 heteroatoms. The molecule has 0 fully saturated rings. The van der Waals surface area contributed by atoms with Gasteiger partial charge in [-0.25, -0.2) is 4.79 Å². The van der Waals surface area contributed by atoms with Crippen LogP contribution < -0.4 is 14.8 Å². The molecule has 1 aromatic rings. The molecular weight excluding hydrogens is 255 g/mol. The molecule has 1 heterocycles. The molecule has 0 bridgehead atoms. The third kappa shape index (κ3) is 2.53. The fraction of sp³-hybridized carbons (Fsp3) is 0.200. The summed E-state index contributed by atoms with van der Waals surface area (Å²) in [5.41, 5.74) is 0.304. The van der Waals surface area contributed by atoms with Crippen molar-refractivity contribution in [3.8, 4) is 11.5 Å². The van der Waals surface area contributed by atoms with Crippen molar-refractivity contribution < 1.29 is 32.2 Å². The molecule has 0 spiro atoms. The largest absolute Gasteiger partial charge is 0.491 e. The number of benzene rings is 1. The number of fused-ring (bicyclic) bond motifs is 1. The average Bonchev–Trinajstić information content (AvgIpc) is 2.28. The number of anilines is 1. The van der Waals surface area contributed by atoms with Gasteiger partial charge < -0.3 is 14.8 Å². The lowest BCUT2D eigenvalue weighted by molar-refractivity contribution is -0.189. The molecule has 0 radical (unpaired) electrons. The second-order valence-corrected chi connectivity index (χ2v) is 3.38. The Morgan fingerprint density at radius 1 is 1.39 bits per heavy atom. The first-order chi connectivity index (χ1) is 8.36. The van der Waals surface area contributed by atoms with Crippen LogP contribution in [0, 0.1) is 0 Å². The molecule has 0 atom stereocenters. The van der Waals surface area contributed by atoms with Crippen LogP contribution in [-0.2, 0) is 9.59 Å². The van der Waals surface area contributed by atoms with E-state index in [1.807, 2.05) is 0 Å². The summed E-state index contributed by atoms with van der Waals surface area (Å²) in [4.78, 5) is 21.5. The summed E-state index contributed by atoms with van der Waals surface area (Å²) >= 11 is 0. The highest BCUT2D eigenvalue weighted by Crippen LogP contribution is 2.32. The summed E-state index contributed by atoms with van der Waals surface area (Å²) in [5, 5.41) is 2.44. The molecule has 5 nitrogen and oxygen atoms in total. The van der Waals surface area contributed by atoms with Crippen molar-refractivity contribution in [3.05, 3.63) is 18.2 Å². The first kappa shape index (κ1) is 12.2. The molecule has 1 aliphatic rings. The SMILES string of the molecule is O=C1COc2cc(OC(=O)C(F)(F)F)ccc2N1. The van der Waals surface area contributed by atoms with Crippen molar-refractivity contribution in [2.75, 3.05) is 11.9 Å². The quantitative estimate of drug-likeness (QED) is 0.614. The van der Waals surface area contributed by atoms with Gasteiger partial charge in [-0.3, -0.25) is 4.79 Å². The summed E-state index contributed by atoms with van der Waals surface area (Å²) in [6, 6.07) is 3.50. The number of halogens is 3. The fourth-order valence-corrected chi connectivity index (χ4v) is 1.28. The number of carbonyl (C=O) groups excluding carboxylic acids is 2. The van der Waals surface area contributed by atoms with E-state index >= 15 is 0 Å². The van der Waals surface area contributed by atoms with Crippen molar-refractivity contribution >= 4 is 17.6 Å². The predicted molar refractivity (Wildman–Crippen MR) is 52.3 cm³/mol. The lowest BCUT2D eigenvalue weighted by Crippen LogP contribution is -2.28. The number of carbonyl (C=O) groups is 2. The fourth-order valence-electron chi connectivity index (χ4n) is 1.28. The number of nitrogens with one attached hydrogen (secondary N) is 1. The molecule has 2 rings (SSSR count). The Hall–Kier alpha value is -2.25. The molecule has 1 aliphatic heterocycles. The van der Waals surface area contributed by atoms with Crippen LogP contribution in [0.3, 0.4) is 0 Å². The zero-order chi connectivity index (χ0) is 13.3. The molecule has 1 N–H and O–H groups in total. The van der Waals surface area contributed by atoms with Gasteiger partial charge in [0.1, 0.15) is 11.5 Å². The number of rotatable bonds is 1. The lowest BCUT2D eigenvalue weighted by Gasteiger charge is -2.18. The minimum Gasteiger partial charge on any atom is -0.481 e. The number of alkyl halides is 3. The first-order valence-corrected chi connectivity index (χ1v) is 4.72. The minimum absolute atomic E-state index is 0.141. The van der Waals surface area contributed by atoms with Crippen molar-refractivity contribution in [1.29, 1.82) is 0 Å². The van der Waals surface area contributed by atoms with Crippen LogP contribution >= 0.6 is 0 Å². The summed E-state index contributed by atoms with van der Waals surface area (Å²) in [7, 11) is 0. The zero-order valence-corrected chi connectivity index (χ0v) is 8.71. The van der Waals surface area contributed by atoms with Gasteiger partial charge in [-0.05, 0) is 12.1 Å². The number of esters is 1. The summed E-state index contributed by atoms with van der Waals surface area (Å²) in [5.74, 6) is -2.86. The molecular formula is C10H6F3NO4. The highest BCUT2D eigenvalue weighted by Gasteiger charge is 2.41. The number of amides is 1. The second kappa shape index (κ2) is 4.21. The van der Waals surface area contributed by atoms with Gasteiger partial charge in [-0.15, -0.1) is 0 Å². The third-order valence-corrected chi connectivity index (χ3v) is 2.03. The van der Waals surface area contributed by atoms with Crippen LogP contribution in [0.15, 0.2) is 18.2 Å². The van der Waals surface area contributed by atoms with Crippen LogP contribution in [0.25, 0.3) is 0 Å². The van der Waals surface area contributed by atoms with Gasteiger partial charge in [-0.2, -0.15) is 13.2 Å². The van der Waals surface area contributed by atoms with E-state index in [2.05, 4.69) is 10.1 Å². The van der Waals surface area contributed by atoms with E-state index in [-0.39, 0.29) is 24.0 Å². The summed E-state index contributed by atoms with van der Waals surface area (Å²) < 4.78 is 45.0. The Morgan fingerprint density at radius 2 is 2.11 bits per heavy atom. The van der Waals surface area contributed by atoms with E-state index in [9.17, 15) is 22.8 Å². The molecule has 1 aromatic carbocycles. The maximum absolute atomic E-state index is 12.0. The molecule has 0 saturated carbocycles. The molecule has 1 amide bonds. The van der Waals surface area contributed by atoms with Crippen molar-refractivity contribution in [2.45, 2.75) is 6.18 Å². The van der Waals surface area contributed by atoms with Crippen LogP contribution in [0.1, 0.15) is 0 Å². The first-order valence-electron chi connectivity index (χ1n) is 4.72. The van der Waals surface area contributed by atoms with E-state index in [1.54, 1.807) is 0 Å². The third-order valence-electron chi connectivity index (χ3n) is 2.03. The van der Waals surface area contributed by atoms with E-state index in [0.29, 0.717) is 5.69 Å². The Bertz CT molecular complexity index is 512. The standard InChI is InChI=1S/C10H6F3NO4/c11-10(12,13)9(16)18-5-1-2-6-7(3-5)17-4-8(15)14-6/h1-3H,4H2,(H,14,15). The van der Waals surface area contributed by atoms with Gasteiger partial charge in [0.15, 0.2) is 6.61 Å². The Kier molecular flexibility index (Phi) is 2.85. The minimum atomic E-state index is -5.06. The van der Waals surface area contributed by atoms with Gasteiger partial charge >= 0.3 is 12.1 Å². The van der Waals surface area contributed by atoms with Gasteiger partial charge in [0.2, 0.25) is 0 Å². The van der Waals surface area contributed by atoms with Gasteiger partial charge in [0.25, 0.3) is 5.91 Å².